The number of nitrogens with one attached hydrogen (secondary N) is 1. The molecule has 25 heavy (non-hydrogen) atoms. The van der Waals surface area contributed by atoms with E-state index >= 15 is 0 Å². The molecule has 1 aliphatic heterocycles. The molecular weight excluding hydrogens is 316 g/mol. The lowest BCUT2D eigenvalue weighted by molar-refractivity contribution is -0.130. The third-order valence-electron chi connectivity index (χ3n) is 4.55. The predicted molar refractivity (Wildman–Crippen MR) is 95.8 cm³/mol. The van der Waals surface area contributed by atoms with Crippen molar-refractivity contribution in [2.45, 2.75) is 25.2 Å². The summed E-state index contributed by atoms with van der Waals surface area (Å²) in [6.45, 7) is 2.33. The number of carbonyl (C=O) groups excluding carboxylic acids is 1. The fraction of sp³-hybridized carbons (Fsp3) is 0.350. The lowest BCUT2D eigenvalue weighted by atomic mass is 10.00. The summed E-state index contributed by atoms with van der Waals surface area (Å²) in [4.78, 5) is 14.2. The summed E-state index contributed by atoms with van der Waals surface area (Å²) in [5.41, 5.74) is 3.21. The van der Waals surface area contributed by atoms with Gasteiger partial charge in [-0.05, 0) is 23.1 Å². The number of hydrogen-bond acceptors (Lipinski definition) is 4. The van der Waals surface area contributed by atoms with Crippen LogP contribution in [0.1, 0.15) is 22.8 Å². The Morgan fingerprint density at radius 1 is 1.04 bits per heavy atom. The summed E-state index contributed by atoms with van der Waals surface area (Å²) in [5.74, 6) is -0.491. The van der Waals surface area contributed by atoms with Crippen LogP contribution >= 0.6 is 0 Å². The van der Waals surface area contributed by atoms with Crippen LogP contribution in [0.2, 0.25) is 0 Å². The van der Waals surface area contributed by atoms with Crippen LogP contribution in [0.25, 0.3) is 0 Å². The van der Waals surface area contributed by atoms with Crippen LogP contribution in [0.3, 0.4) is 0 Å². The second kappa shape index (κ2) is 8.25. The molecule has 0 aromatic heterocycles. The molecule has 2 unspecified atom stereocenters. The molecule has 3 N–H and O–H groups in total. The first kappa shape index (κ1) is 17.6. The van der Waals surface area contributed by atoms with Gasteiger partial charge in [-0.15, -0.1) is 0 Å². The molecule has 3 rings (SSSR count). The number of hydrogen-bond donors (Lipinski definition) is 3. The Morgan fingerprint density at radius 2 is 1.72 bits per heavy atom. The van der Waals surface area contributed by atoms with E-state index in [0.29, 0.717) is 12.1 Å². The fourth-order valence-electron chi connectivity index (χ4n) is 3.17. The highest BCUT2D eigenvalue weighted by atomic mass is 16.3. The van der Waals surface area contributed by atoms with E-state index in [4.69, 9.17) is 0 Å². The van der Waals surface area contributed by atoms with Gasteiger partial charge < -0.3 is 15.5 Å². The number of rotatable bonds is 6. The zero-order chi connectivity index (χ0) is 17.6. The molecule has 0 saturated heterocycles. The molecule has 0 saturated carbocycles. The van der Waals surface area contributed by atoms with Gasteiger partial charge in [0.1, 0.15) is 0 Å². The van der Waals surface area contributed by atoms with E-state index in [1.807, 2.05) is 12.1 Å². The zero-order valence-corrected chi connectivity index (χ0v) is 14.1. The molecule has 1 aliphatic rings. The first-order chi connectivity index (χ1) is 12.1. The van der Waals surface area contributed by atoms with Gasteiger partial charge in [-0.1, -0.05) is 54.6 Å². The topological polar surface area (TPSA) is 72.8 Å². The Balaban J connectivity index is 1.45. The fourth-order valence-corrected chi connectivity index (χ4v) is 3.17. The van der Waals surface area contributed by atoms with Gasteiger partial charge in [0, 0.05) is 26.2 Å². The number of fused-ring (bicyclic) bond motifs is 1. The highest BCUT2D eigenvalue weighted by Gasteiger charge is 2.21. The maximum Gasteiger partial charge on any atom is 0.253 e. The average Bonchev–Trinajstić information content (AvgIpc) is 2.66. The van der Waals surface area contributed by atoms with Gasteiger partial charge in [0.15, 0.2) is 6.10 Å². The minimum absolute atomic E-state index is 0.126. The van der Waals surface area contributed by atoms with Gasteiger partial charge in [0.05, 0.1) is 6.10 Å². The monoisotopic (exact) mass is 340 g/mol. The molecule has 0 radical (unpaired) electrons. The lowest BCUT2D eigenvalue weighted by Gasteiger charge is -2.30. The maximum atomic E-state index is 12.0. The Morgan fingerprint density at radius 3 is 2.48 bits per heavy atom. The maximum absolute atomic E-state index is 12.0. The summed E-state index contributed by atoms with van der Waals surface area (Å²) in [7, 11) is 0. The standard InChI is InChI=1S/C20H24N2O3/c23-18(12-21-20(25)19(24)16-7-2-1-3-8-16)14-22-11-10-15-6-4-5-9-17(15)13-22/h1-9,18-19,23-24H,10-14H2,(H,21,25). The van der Waals surface area contributed by atoms with E-state index in [1.165, 1.54) is 11.1 Å². The van der Waals surface area contributed by atoms with Crippen molar-refractivity contribution in [2.24, 2.45) is 0 Å². The van der Waals surface area contributed by atoms with E-state index < -0.39 is 18.1 Å². The molecular formula is C20H24N2O3. The summed E-state index contributed by atoms with van der Waals surface area (Å²) >= 11 is 0. The number of carbonyl (C=O) groups is 1. The summed E-state index contributed by atoms with van der Waals surface area (Å²) in [6.07, 6.45) is -0.908. The van der Waals surface area contributed by atoms with Gasteiger partial charge in [0.25, 0.3) is 5.91 Å². The van der Waals surface area contributed by atoms with E-state index in [1.54, 1.807) is 24.3 Å². The van der Waals surface area contributed by atoms with Crippen molar-refractivity contribution >= 4 is 5.91 Å². The summed E-state index contributed by atoms with van der Waals surface area (Å²) < 4.78 is 0. The Hall–Kier alpha value is -2.21. The van der Waals surface area contributed by atoms with Crippen molar-refractivity contribution in [2.75, 3.05) is 19.6 Å². The normalized spacial score (nSPS) is 16.7. The number of benzene rings is 2. The first-order valence-electron chi connectivity index (χ1n) is 8.61. The number of aliphatic hydroxyl groups is 2. The van der Waals surface area contributed by atoms with Crippen molar-refractivity contribution in [3.05, 3.63) is 71.3 Å². The van der Waals surface area contributed by atoms with Crippen LogP contribution in [0, 0.1) is 0 Å². The molecule has 1 heterocycles. The van der Waals surface area contributed by atoms with E-state index in [9.17, 15) is 15.0 Å². The quantitative estimate of drug-likeness (QED) is 0.740. The van der Waals surface area contributed by atoms with Crippen LogP contribution < -0.4 is 5.32 Å². The molecule has 0 bridgehead atoms. The third-order valence-corrected chi connectivity index (χ3v) is 4.55. The smallest absolute Gasteiger partial charge is 0.253 e. The third kappa shape index (κ3) is 4.66. The molecule has 0 fully saturated rings. The lowest BCUT2D eigenvalue weighted by Crippen LogP contribution is -2.43. The van der Waals surface area contributed by atoms with Crippen LogP contribution in [0.15, 0.2) is 54.6 Å². The van der Waals surface area contributed by atoms with Crippen molar-refractivity contribution in [3.63, 3.8) is 0 Å². The first-order valence-corrected chi connectivity index (χ1v) is 8.61. The van der Waals surface area contributed by atoms with Crippen molar-refractivity contribution in [3.8, 4) is 0 Å². The highest BCUT2D eigenvalue weighted by molar-refractivity contribution is 5.81. The molecule has 0 spiro atoms. The van der Waals surface area contributed by atoms with Gasteiger partial charge in [0.2, 0.25) is 0 Å². The molecule has 2 aromatic rings. The van der Waals surface area contributed by atoms with Gasteiger partial charge in [-0.3, -0.25) is 9.69 Å². The van der Waals surface area contributed by atoms with Crippen LogP contribution in [-0.4, -0.2) is 46.8 Å². The number of β-amino-alcohol motifs (C(OH)–C–C–N with tert-alkyl or cyclic N) is 1. The van der Waals surface area contributed by atoms with Gasteiger partial charge in [-0.2, -0.15) is 0 Å². The minimum atomic E-state index is -1.21. The summed E-state index contributed by atoms with van der Waals surface area (Å²) in [5, 5.41) is 22.9. The summed E-state index contributed by atoms with van der Waals surface area (Å²) in [6, 6.07) is 17.1. The van der Waals surface area contributed by atoms with Crippen LogP contribution in [0.5, 0.6) is 0 Å². The zero-order valence-electron chi connectivity index (χ0n) is 14.1. The SMILES string of the molecule is O=C(NCC(O)CN1CCc2ccccc2C1)C(O)c1ccccc1. The van der Waals surface area contributed by atoms with Crippen LogP contribution in [-0.2, 0) is 17.8 Å². The molecule has 5 heteroatoms. The Kier molecular flexibility index (Phi) is 5.81. The van der Waals surface area contributed by atoms with Crippen molar-refractivity contribution in [1.29, 1.82) is 0 Å². The highest BCUT2D eigenvalue weighted by Crippen LogP contribution is 2.18. The van der Waals surface area contributed by atoms with Gasteiger partial charge >= 0.3 is 0 Å². The van der Waals surface area contributed by atoms with Crippen molar-refractivity contribution < 1.29 is 15.0 Å². The van der Waals surface area contributed by atoms with Crippen molar-refractivity contribution in [1.82, 2.24) is 10.2 Å². The predicted octanol–water partition coefficient (Wildman–Crippen LogP) is 1.26. The Bertz CT molecular complexity index is 705. The number of aliphatic hydroxyl groups excluding tert-OH is 2. The molecule has 1 amide bonds. The largest absolute Gasteiger partial charge is 0.390 e. The second-order valence-corrected chi connectivity index (χ2v) is 6.47. The molecule has 2 aromatic carbocycles. The molecule has 5 nitrogen and oxygen atoms in total. The van der Waals surface area contributed by atoms with E-state index in [2.05, 4.69) is 28.4 Å². The average molecular weight is 340 g/mol. The van der Waals surface area contributed by atoms with Crippen LogP contribution in [0.4, 0.5) is 0 Å². The number of nitrogens with zero attached hydrogens (tertiary/aromatic N) is 1. The molecule has 0 aliphatic carbocycles. The molecule has 132 valence electrons. The number of amides is 1. The molecule has 2 atom stereocenters. The van der Waals surface area contributed by atoms with E-state index in [0.717, 1.165) is 19.5 Å². The Labute approximate surface area is 147 Å². The van der Waals surface area contributed by atoms with E-state index in [-0.39, 0.29) is 6.54 Å². The second-order valence-electron chi connectivity index (χ2n) is 6.47. The van der Waals surface area contributed by atoms with Gasteiger partial charge in [-0.25, -0.2) is 0 Å². The minimum Gasteiger partial charge on any atom is -0.390 e.